The van der Waals surface area contributed by atoms with E-state index in [1.165, 1.54) is 74.9 Å². The average molecular weight is 689 g/mol. The van der Waals surface area contributed by atoms with Gasteiger partial charge < -0.3 is 23.0 Å². The summed E-state index contributed by atoms with van der Waals surface area (Å²) in [5.41, 5.74) is 1.65. The fourth-order valence-corrected chi connectivity index (χ4v) is 4.65. The van der Waals surface area contributed by atoms with Gasteiger partial charge in [0, 0.05) is 12.1 Å². The number of hydrogen-bond acceptors (Lipinski definition) is 11. The number of nitrogens with zero attached hydrogens (tertiary/aromatic N) is 4. The van der Waals surface area contributed by atoms with Gasteiger partial charge in [-0.2, -0.15) is 37.3 Å². The zero-order chi connectivity index (χ0) is 31.9. The van der Waals surface area contributed by atoms with Gasteiger partial charge >= 0.3 is 65.1 Å². The van der Waals surface area contributed by atoms with Crippen LogP contribution in [-0.2, 0) is 20.2 Å². The molecule has 2 amide bonds. The maximum Gasteiger partial charge on any atom is 1.00 e. The van der Waals surface area contributed by atoms with Crippen LogP contribution in [0.5, 0.6) is 11.5 Å². The molecule has 0 radical (unpaired) electrons. The van der Waals surface area contributed by atoms with E-state index in [0.717, 1.165) is 12.1 Å². The van der Waals surface area contributed by atoms with Crippen molar-refractivity contribution in [1.29, 1.82) is 0 Å². The second-order valence-corrected chi connectivity index (χ2v) is 11.5. The Kier molecular flexibility index (Phi) is 14.5. The van der Waals surface area contributed by atoms with Gasteiger partial charge in [-0.3, -0.25) is 9.11 Å². The Balaban J connectivity index is 0.00000552. The van der Waals surface area contributed by atoms with Crippen molar-refractivity contribution < 1.29 is 102 Å². The number of benzene rings is 4. The number of azo groups is 2. The molecule has 46 heavy (non-hydrogen) atoms. The summed E-state index contributed by atoms with van der Waals surface area (Å²) in [6, 6.07) is 19.1. The second kappa shape index (κ2) is 17.1. The maximum absolute atomic E-state index is 12.8. The predicted molar refractivity (Wildman–Crippen MR) is 162 cm³/mol. The quantitative estimate of drug-likeness (QED) is 0.106. The summed E-state index contributed by atoms with van der Waals surface area (Å²) in [6.07, 6.45) is 0. The van der Waals surface area contributed by atoms with Crippen molar-refractivity contribution in [2.45, 2.75) is 9.79 Å². The standard InChI is InChI=1S/C27H24N6O9S2.2Na.2H/c1-41-25-15-19(32-30-17-5-3-7-21(13-17)43(35,36)37)9-11-23(25)28-27(34)29-24-12-10-20(16-26(24)42-2)33-31-18-6-4-8-22(14-18)44(38,39)40;;;;/h3-16H,1-2H3,(H2,28,29,34)(H,35,36,37)(H,38,39,40);;;;/q;2*+1;2*-1. The molecular weight excluding hydrogens is 662 g/mol. The first kappa shape index (κ1) is 39.0. The molecule has 0 heterocycles. The summed E-state index contributed by atoms with van der Waals surface area (Å²) in [5, 5.41) is 21.4. The van der Waals surface area contributed by atoms with Crippen molar-refractivity contribution in [1.82, 2.24) is 0 Å². The molecule has 232 valence electrons. The van der Waals surface area contributed by atoms with Gasteiger partial charge in [-0.15, -0.1) is 0 Å². The number of methoxy groups -OCH3 is 2. The van der Waals surface area contributed by atoms with Crippen molar-refractivity contribution in [2.75, 3.05) is 24.9 Å². The Morgan fingerprint density at radius 3 is 1.28 bits per heavy atom. The van der Waals surface area contributed by atoms with E-state index in [9.17, 15) is 30.7 Å². The van der Waals surface area contributed by atoms with Crippen molar-refractivity contribution in [3.63, 3.8) is 0 Å². The van der Waals surface area contributed by atoms with Crippen LogP contribution in [0.4, 0.5) is 38.9 Å². The van der Waals surface area contributed by atoms with Crippen LogP contribution in [0, 0.1) is 0 Å². The van der Waals surface area contributed by atoms with Gasteiger partial charge in [-0.05, 0) is 60.7 Å². The van der Waals surface area contributed by atoms with E-state index in [2.05, 4.69) is 31.1 Å². The minimum Gasteiger partial charge on any atom is -1.00 e. The van der Waals surface area contributed by atoms with E-state index in [1.54, 1.807) is 12.1 Å². The normalized spacial score (nSPS) is 11.4. The number of anilines is 2. The molecule has 4 N–H and O–H groups in total. The smallest absolute Gasteiger partial charge is 1.00 e. The van der Waals surface area contributed by atoms with E-state index in [1.807, 2.05) is 0 Å². The topological polar surface area (TPSA) is 218 Å². The number of nitrogens with one attached hydrogen (secondary N) is 2. The molecule has 0 spiro atoms. The van der Waals surface area contributed by atoms with Crippen LogP contribution in [0.1, 0.15) is 2.85 Å². The van der Waals surface area contributed by atoms with E-state index in [4.69, 9.17) is 9.47 Å². The molecule has 15 nitrogen and oxygen atoms in total. The van der Waals surface area contributed by atoms with Gasteiger partial charge in [0.05, 0.1) is 58.1 Å². The minimum atomic E-state index is -4.39. The molecule has 0 aliphatic heterocycles. The molecule has 0 aromatic heterocycles. The molecule has 0 saturated heterocycles. The molecule has 0 aliphatic carbocycles. The zero-order valence-corrected chi connectivity index (χ0v) is 30.6. The van der Waals surface area contributed by atoms with Gasteiger partial charge in [0.1, 0.15) is 11.5 Å². The van der Waals surface area contributed by atoms with Gasteiger partial charge in [-0.25, -0.2) is 4.79 Å². The van der Waals surface area contributed by atoms with Crippen LogP contribution in [0.25, 0.3) is 0 Å². The second-order valence-electron chi connectivity index (χ2n) is 8.69. The predicted octanol–water partition coefficient (Wildman–Crippen LogP) is 0.905. The summed E-state index contributed by atoms with van der Waals surface area (Å²) >= 11 is 0. The van der Waals surface area contributed by atoms with E-state index < -0.39 is 26.3 Å². The van der Waals surface area contributed by atoms with Gasteiger partial charge in [0.2, 0.25) is 0 Å². The Morgan fingerprint density at radius 1 is 0.609 bits per heavy atom. The molecule has 0 bridgehead atoms. The van der Waals surface area contributed by atoms with Gasteiger partial charge in [0.15, 0.2) is 0 Å². The third-order valence-electron chi connectivity index (χ3n) is 5.66. The first-order valence-corrected chi connectivity index (χ1v) is 15.2. The molecule has 0 atom stereocenters. The summed E-state index contributed by atoms with van der Waals surface area (Å²) in [5.74, 6) is 0.508. The molecule has 19 heteroatoms. The first-order valence-electron chi connectivity index (χ1n) is 12.3. The van der Waals surface area contributed by atoms with E-state index in [-0.39, 0.29) is 94.6 Å². The number of rotatable bonds is 10. The van der Waals surface area contributed by atoms with Crippen LogP contribution in [-0.4, -0.2) is 46.2 Å². The summed E-state index contributed by atoms with van der Waals surface area (Å²) in [6.45, 7) is 0. The fourth-order valence-electron chi connectivity index (χ4n) is 3.61. The van der Waals surface area contributed by atoms with Crippen molar-refractivity contribution in [3.05, 3.63) is 84.9 Å². The summed E-state index contributed by atoms with van der Waals surface area (Å²) in [4.78, 5) is 12.1. The number of amides is 2. The van der Waals surface area contributed by atoms with Gasteiger partial charge in [0.25, 0.3) is 20.2 Å². The van der Waals surface area contributed by atoms with E-state index in [0.29, 0.717) is 22.7 Å². The van der Waals surface area contributed by atoms with Crippen molar-refractivity contribution in [3.8, 4) is 11.5 Å². The molecule has 0 fully saturated rings. The molecule has 4 aromatic carbocycles. The van der Waals surface area contributed by atoms with Crippen molar-refractivity contribution in [2.24, 2.45) is 20.5 Å². The Labute approximate surface area is 311 Å². The number of ether oxygens (including phenoxy) is 2. The Morgan fingerprint density at radius 2 is 0.957 bits per heavy atom. The first-order chi connectivity index (χ1) is 20.9. The molecule has 0 aliphatic rings. The van der Waals surface area contributed by atoms with Crippen LogP contribution in [0.15, 0.2) is 115 Å². The summed E-state index contributed by atoms with van der Waals surface area (Å²) < 4.78 is 74.4. The van der Waals surface area contributed by atoms with Gasteiger partial charge in [-0.1, -0.05) is 12.1 Å². The fraction of sp³-hybridized carbons (Fsp3) is 0.0741. The van der Waals surface area contributed by atoms with Crippen molar-refractivity contribution >= 4 is 60.4 Å². The largest absolute Gasteiger partial charge is 1.00 e. The number of carbonyl (C=O) groups is 1. The van der Waals surface area contributed by atoms with Crippen LogP contribution in [0.3, 0.4) is 0 Å². The number of carbonyl (C=O) groups excluding carboxylic acids is 1. The average Bonchev–Trinajstić information content (AvgIpc) is 2.99. The molecule has 0 saturated carbocycles. The third-order valence-corrected chi connectivity index (χ3v) is 7.36. The molecule has 4 aromatic rings. The monoisotopic (exact) mass is 688 g/mol. The third kappa shape index (κ3) is 10.9. The minimum absolute atomic E-state index is 0. The number of urea groups is 1. The molecular formula is C27H26N6Na2O9S2. The molecule has 4 rings (SSSR count). The Hall–Kier alpha value is -3.23. The SMILES string of the molecule is COc1cc(N=Nc2cccc(S(=O)(=O)O)c2)ccc1NC(=O)Nc1ccc(N=Nc2cccc(S(=O)(=O)O)c2)cc1OC.[H-].[H-].[Na+].[Na+]. The summed E-state index contributed by atoms with van der Waals surface area (Å²) in [7, 11) is -6.00. The maximum atomic E-state index is 12.8. The number of hydrogen-bond donors (Lipinski definition) is 4. The zero-order valence-electron chi connectivity index (χ0n) is 26.9. The Bertz CT molecular complexity index is 1860. The van der Waals surface area contributed by atoms with Crippen LogP contribution >= 0.6 is 0 Å². The van der Waals surface area contributed by atoms with E-state index >= 15 is 0 Å². The van der Waals surface area contributed by atoms with Crippen LogP contribution < -0.4 is 79.2 Å². The van der Waals surface area contributed by atoms with Crippen LogP contribution in [0.2, 0.25) is 0 Å². The molecule has 0 unspecified atom stereocenters.